The zero-order chi connectivity index (χ0) is 23.7. The molecule has 0 N–H and O–H groups in total. The molecule has 0 saturated carbocycles. The molecule has 0 radical (unpaired) electrons. The van der Waals surface area contributed by atoms with Crippen molar-refractivity contribution in [3.63, 3.8) is 0 Å². The molecule has 4 aromatic carbocycles. The molecule has 4 aromatic rings. The van der Waals surface area contributed by atoms with Crippen molar-refractivity contribution >= 4 is 16.3 Å². The Balaban J connectivity index is 1.68. The molecular formula is C33H34O. The van der Waals surface area contributed by atoms with E-state index in [0.29, 0.717) is 6.61 Å². The van der Waals surface area contributed by atoms with Crippen LogP contribution >= 0.6 is 0 Å². The van der Waals surface area contributed by atoms with E-state index in [1.807, 2.05) is 6.07 Å². The first-order valence-electron chi connectivity index (χ1n) is 12.5. The monoisotopic (exact) mass is 446 g/mol. The molecule has 0 atom stereocenters. The lowest BCUT2D eigenvalue weighted by Gasteiger charge is -2.21. The highest BCUT2D eigenvalue weighted by atomic mass is 16.5. The van der Waals surface area contributed by atoms with Gasteiger partial charge in [0.05, 0.1) is 0 Å². The number of rotatable bonds is 6. The maximum Gasteiger partial charge on any atom is 0.128 e. The maximum absolute atomic E-state index is 6.53. The lowest BCUT2D eigenvalue weighted by molar-refractivity contribution is 0.306. The fourth-order valence-corrected chi connectivity index (χ4v) is 5.15. The maximum atomic E-state index is 6.53. The van der Waals surface area contributed by atoms with Crippen LogP contribution in [0.15, 0.2) is 90.5 Å². The van der Waals surface area contributed by atoms with E-state index in [9.17, 15) is 0 Å². The molecule has 0 unspecified atom stereocenters. The predicted octanol–water partition coefficient (Wildman–Crippen LogP) is 8.87. The molecule has 0 aliphatic heterocycles. The highest BCUT2D eigenvalue weighted by Crippen LogP contribution is 2.46. The molecule has 172 valence electrons. The van der Waals surface area contributed by atoms with Gasteiger partial charge in [-0.05, 0) is 62.9 Å². The average Bonchev–Trinajstić information content (AvgIpc) is 3.19. The minimum absolute atomic E-state index is 0.145. The van der Waals surface area contributed by atoms with Gasteiger partial charge in [-0.25, -0.2) is 0 Å². The van der Waals surface area contributed by atoms with Gasteiger partial charge in [0, 0.05) is 5.56 Å². The van der Waals surface area contributed by atoms with E-state index in [0.717, 1.165) is 25.0 Å². The van der Waals surface area contributed by atoms with Gasteiger partial charge in [0.2, 0.25) is 0 Å². The highest BCUT2D eigenvalue weighted by molar-refractivity contribution is 6.02. The quantitative estimate of drug-likeness (QED) is 0.287. The SMILES string of the molecule is CCCC1=C(c2c(OCc3ccccc3)ccc3ccccc23)c2ccc(C(C)(C)C)cc2C1. The summed E-state index contributed by atoms with van der Waals surface area (Å²) in [7, 11) is 0. The fourth-order valence-electron chi connectivity index (χ4n) is 5.15. The van der Waals surface area contributed by atoms with Gasteiger partial charge in [0.1, 0.15) is 12.4 Å². The number of benzene rings is 4. The summed E-state index contributed by atoms with van der Waals surface area (Å²) < 4.78 is 6.53. The Morgan fingerprint density at radius 2 is 1.59 bits per heavy atom. The first kappa shape index (κ1) is 22.5. The molecule has 1 heteroatoms. The van der Waals surface area contributed by atoms with E-state index in [1.165, 1.54) is 49.7 Å². The molecular weight excluding hydrogens is 412 g/mol. The normalized spacial score (nSPS) is 13.4. The Labute approximate surface area is 204 Å². The molecule has 0 spiro atoms. The summed E-state index contributed by atoms with van der Waals surface area (Å²) >= 11 is 0. The van der Waals surface area contributed by atoms with Crippen molar-refractivity contribution in [1.82, 2.24) is 0 Å². The van der Waals surface area contributed by atoms with Gasteiger partial charge in [-0.2, -0.15) is 0 Å². The van der Waals surface area contributed by atoms with E-state index < -0.39 is 0 Å². The van der Waals surface area contributed by atoms with Gasteiger partial charge in [0.25, 0.3) is 0 Å². The third-order valence-electron chi connectivity index (χ3n) is 6.93. The molecule has 0 amide bonds. The van der Waals surface area contributed by atoms with E-state index in [-0.39, 0.29) is 5.41 Å². The molecule has 0 aromatic heterocycles. The van der Waals surface area contributed by atoms with Crippen molar-refractivity contribution in [3.05, 3.63) is 118 Å². The number of allylic oxidation sites excluding steroid dienone is 1. The molecule has 1 aliphatic carbocycles. The summed E-state index contributed by atoms with van der Waals surface area (Å²) in [4.78, 5) is 0. The smallest absolute Gasteiger partial charge is 0.128 e. The largest absolute Gasteiger partial charge is 0.488 e. The Hall–Kier alpha value is -3.32. The van der Waals surface area contributed by atoms with Gasteiger partial charge in [0.15, 0.2) is 0 Å². The molecule has 1 aliphatic rings. The zero-order valence-electron chi connectivity index (χ0n) is 20.8. The molecule has 0 bridgehead atoms. The summed E-state index contributed by atoms with van der Waals surface area (Å²) in [6, 6.07) is 30.6. The topological polar surface area (TPSA) is 9.23 Å². The zero-order valence-corrected chi connectivity index (χ0v) is 20.8. The van der Waals surface area contributed by atoms with Crippen molar-refractivity contribution in [2.45, 2.75) is 59.0 Å². The molecule has 0 heterocycles. The number of hydrogen-bond acceptors (Lipinski definition) is 1. The van der Waals surface area contributed by atoms with Crippen molar-refractivity contribution in [1.29, 1.82) is 0 Å². The Bertz CT molecular complexity index is 1350. The summed E-state index contributed by atoms with van der Waals surface area (Å²) in [5.41, 5.74) is 9.73. The van der Waals surface area contributed by atoms with E-state index in [4.69, 9.17) is 4.74 Å². The summed E-state index contributed by atoms with van der Waals surface area (Å²) in [5, 5.41) is 2.53. The third kappa shape index (κ3) is 4.28. The van der Waals surface area contributed by atoms with Gasteiger partial charge in [-0.15, -0.1) is 0 Å². The molecule has 34 heavy (non-hydrogen) atoms. The lowest BCUT2D eigenvalue weighted by atomic mass is 9.84. The van der Waals surface area contributed by atoms with Crippen LogP contribution in [0.25, 0.3) is 16.3 Å². The second kappa shape index (κ2) is 9.14. The number of fused-ring (bicyclic) bond motifs is 2. The van der Waals surface area contributed by atoms with Crippen LogP contribution in [-0.4, -0.2) is 0 Å². The van der Waals surface area contributed by atoms with Crippen molar-refractivity contribution in [2.24, 2.45) is 0 Å². The summed E-state index contributed by atoms with van der Waals surface area (Å²) in [5.74, 6) is 0.971. The van der Waals surface area contributed by atoms with Crippen LogP contribution in [0, 0.1) is 0 Å². The second-order valence-electron chi connectivity index (χ2n) is 10.5. The van der Waals surface area contributed by atoms with Crippen LogP contribution in [-0.2, 0) is 18.4 Å². The van der Waals surface area contributed by atoms with Crippen molar-refractivity contribution in [3.8, 4) is 5.75 Å². The first-order valence-corrected chi connectivity index (χ1v) is 12.5. The van der Waals surface area contributed by atoms with Gasteiger partial charge in [-0.1, -0.05) is 119 Å². The highest BCUT2D eigenvalue weighted by Gasteiger charge is 2.27. The molecule has 1 nitrogen and oxygen atoms in total. The predicted molar refractivity (Wildman–Crippen MR) is 144 cm³/mol. The van der Waals surface area contributed by atoms with Crippen LogP contribution < -0.4 is 4.74 Å². The Kier molecular flexibility index (Phi) is 6.04. The van der Waals surface area contributed by atoms with Crippen molar-refractivity contribution in [2.75, 3.05) is 0 Å². The first-order chi connectivity index (χ1) is 16.5. The van der Waals surface area contributed by atoms with Crippen molar-refractivity contribution < 1.29 is 4.74 Å². The van der Waals surface area contributed by atoms with Crippen LogP contribution in [0.2, 0.25) is 0 Å². The fraction of sp³-hybridized carbons (Fsp3) is 0.273. The van der Waals surface area contributed by atoms with E-state index in [1.54, 1.807) is 0 Å². The van der Waals surface area contributed by atoms with Crippen LogP contribution in [0.4, 0.5) is 0 Å². The number of ether oxygens (including phenoxy) is 1. The standard InChI is InChI=1S/C33H34O/c1-5-11-25-20-26-21-27(33(2,3)4)17-18-29(26)31(25)32-28-15-10-9-14-24(28)16-19-30(32)34-22-23-12-7-6-8-13-23/h6-10,12-19,21H,5,11,20,22H2,1-4H3. The minimum Gasteiger partial charge on any atom is -0.488 e. The summed E-state index contributed by atoms with van der Waals surface area (Å²) in [6.45, 7) is 9.74. The third-order valence-corrected chi connectivity index (χ3v) is 6.93. The molecule has 0 saturated heterocycles. The molecule has 5 rings (SSSR count). The number of hydrogen-bond donors (Lipinski definition) is 0. The van der Waals surface area contributed by atoms with Gasteiger partial charge >= 0.3 is 0 Å². The van der Waals surface area contributed by atoms with E-state index >= 15 is 0 Å². The van der Waals surface area contributed by atoms with Gasteiger partial charge in [-0.3, -0.25) is 0 Å². The van der Waals surface area contributed by atoms with Crippen LogP contribution in [0.5, 0.6) is 5.75 Å². The minimum atomic E-state index is 0.145. The van der Waals surface area contributed by atoms with Crippen LogP contribution in [0.1, 0.15) is 68.4 Å². The lowest BCUT2D eigenvalue weighted by Crippen LogP contribution is -2.11. The van der Waals surface area contributed by atoms with Crippen LogP contribution in [0.3, 0.4) is 0 Å². The Morgan fingerprint density at radius 1 is 0.824 bits per heavy atom. The average molecular weight is 447 g/mol. The van der Waals surface area contributed by atoms with Gasteiger partial charge < -0.3 is 4.74 Å². The Morgan fingerprint density at radius 3 is 2.35 bits per heavy atom. The summed E-state index contributed by atoms with van der Waals surface area (Å²) in [6.07, 6.45) is 3.28. The second-order valence-corrected chi connectivity index (χ2v) is 10.5. The van der Waals surface area contributed by atoms with E-state index in [2.05, 4.69) is 107 Å². The molecule has 0 fully saturated rings.